The van der Waals surface area contributed by atoms with Gasteiger partial charge in [0.2, 0.25) is 23.6 Å². The minimum atomic E-state index is -1.43. The van der Waals surface area contributed by atoms with Crippen molar-refractivity contribution in [2.75, 3.05) is 41.5 Å². The lowest BCUT2D eigenvalue weighted by atomic mass is 9.93. The van der Waals surface area contributed by atoms with Crippen molar-refractivity contribution in [3.05, 3.63) is 107 Å². The maximum Gasteiger partial charge on any atom is 0.407 e. The third-order valence-corrected chi connectivity index (χ3v) is 12.1. The first kappa shape index (κ1) is 54.5. The molecule has 5 rings (SSSR count). The van der Waals surface area contributed by atoms with Crippen LogP contribution in [0.1, 0.15) is 93.9 Å². The number of aryl methyl sites for hydroxylation is 1. The molecule has 71 heavy (non-hydrogen) atoms. The van der Waals surface area contributed by atoms with Gasteiger partial charge in [0, 0.05) is 43.2 Å². The largest absolute Gasteiger partial charge is 0.496 e. The number of nitrogens with one attached hydrogen (secondary N) is 5. The highest BCUT2D eigenvalue weighted by Gasteiger charge is 2.37. The van der Waals surface area contributed by atoms with E-state index in [9.17, 15) is 33.6 Å². The summed E-state index contributed by atoms with van der Waals surface area (Å²) in [5.41, 5.74) is 4.79. The maximum atomic E-state index is 14.9. The van der Waals surface area contributed by atoms with E-state index in [0.717, 1.165) is 35.3 Å². The number of methoxy groups -OCH3 is 3. The van der Waals surface area contributed by atoms with Gasteiger partial charge in [-0.05, 0) is 111 Å². The predicted octanol–water partition coefficient (Wildman–Crippen LogP) is 6.06. The molecule has 0 saturated carbocycles. The zero-order chi connectivity index (χ0) is 52.0. The molecule has 4 bridgehead atoms. The maximum absolute atomic E-state index is 14.9. The van der Waals surface area contributed by atoms with Crippen LogP contribution in [-0.2, 0) is 46.3 Å². The fourth-order valence-electron chi connectivity index (χ4n) is 8.05. The summed E-state index contributed by atoms with van der Waals surface area (Å²) in [5.74, 6) is -3.90. The van der Waals surface area contributed by atoms with E-state index >= 15 is 0 Å². The van der Waals surface area contributed by atoms with Gasteiger partial charge in [-0.2, -0.15) is 0 Å². The molecule has 6 amide bonds. The van der Waals surface area contributed by atoms with Crippen LogP contribution in [0.3, 0.4) is 0 Å². The summed E-state index contributed by atoms with van der Waals surface area (Å²) in [6.07, 6.45) is 2.43. The number of ether oxygens (including phenoxy) is 4. The molecular formula is C54H68N6O11. The van der Waals surface area contributed by atoms with Crippen LogP contribution in [0.5, 0.6) is 11.5 Å². The van der Waals surface area contributed by atoms with E-state index in [1.807, 2.05) is 12.1 Å². The average molecular weight is 977 g/mol. The van der Waals surface area contributed by atoms with E-state index in [2.05, 4.69) is 57.8 Å². The fraction of sp³-hybridized carbons (Fsp3) is 0.426. The summed E-state index contributed by atoms with van der Waals surface area (Å²) < 4.78 is 21.9. The first-order valence-electron chi connectivity index (χ1n) is 23.8. The highest BCUT2D eigenvalue weighted by atomic mass is 16.6. The summed E-state index contributed by atoms with van der Waals surface area (Å²) >= 11 is 0. The number of hydrogen-bond acceptors (Lipinski definition) is 11. The molecule has 0 spiro atoms. The highest BCUT2D eigenvalue weighted by Crippen LogP contribution is 2.40. The van der Waals surface area contributed by atoms with Crippen LogP contribution in [0.25, 0.3) is 22.3 Å². The quantitative estimate of drug-likeness (QED) is 0.0766. The third-order valence-electron chi connectivity index (χ3n) is 12.1. The molecule has 1 aliphatic heterocycles. The number of rotatable bonds is 17. The molecule has 0 aromatic heterocycles. The van der Waals surface area contributed by atoms with Gasteiger partial charge in [-0.25, -0.2) is 9.59 Å². The van der Waals surface area contributed by atoms with Crippen LogP contribution in [0, 0.1) is 5.92 Å². The monoisotopic (exact) mass is 976 g/mol. The van der Waals surface area contributed by atoms with Crippen molar-refractivity contribution in [1.29, 1.82) is 0 Å². The zero-order valence-corrected chi connectivity index (χ0v) is 42.4. The van der Waals surface area contributed by atoms with Gasteiger partial charge in [0.25, 0.3) is 5.91 Å². The molecule has 17 nitrogen and oxygen atoms in total. The Kier molecular flexibility index (Phi) is 19.1. The zero-order valence-electron chi connectivity index (χ0n) is 42.4. The molecule has 380 valence electrons. The van der Waals surface area contributed by atoms with Gasteiger partial charge in [-0.3, -0.25) is 24.0 Å². The number of amides is 6. The Morgan fingerprint density at radius 2 is 1.42 bits per heavy atom. The number of likely N-dealkylation sites (N-methyl/N-ethyl adjacent to an activating group) is 1. The Bertz CT molecular complexity index is 2540. The lowest BCUT2D eigenvalue weighted by Crippen LogP contribution is -2.55. The van der Waals surface area contributed by atoms with Gasteiger partial charge < -0.3 is 50.4 Å². The Labute approximate surface area is 416 Å². The first-order valence-corrected chi connectivity index (χ1v) is 23.8. The normalized spacial score (nSPS) is 16.6. The summed E-state index contributed by atoms with van der Waals surface area (Å²) in [7, 11) is 5.56. The number of esters is 1. The number of carbonyl (C=O) groups is 7. The van der Waals surface area contributed by atoms with E-state index in [-0.39, 0.29) is 25.9 Å². The molecule has 4 aromatic rings. The number of hydrogen-bond donors (Lipinski definition) is 5. The van der Waals surface area contributed by atoms with Gasteiger partial charge in [0.1, 0.15) is 41.3 Å². The Balaban J connectivity index is 1.42. The number of carbonyl (C=O) groups excluding carboxylic acids is 7. The summed E-state index contributed by atoms with van der Waals surface area (Å²) in [4.78, 5) is 97.2. The third kappa shape index (κ3) is 14.8. The second kappa shape index (κ2) is 24.9. The topological polar surface area (TPSA) is 220 Å². The molecule has 0 radical (unpaired) electrons. The summed E-state index contributed by atoms with van der Waals surface area (Å²) in [5, 5.41) is 13.6. The van der Waals surface area contributed by atoms with Crippen molar-refractivity contribution < 1.29 is 52.5 Å². The smallest absolute Gasteiger partial charge is 0.407 e. The molecule has 1 aliphatic rings. The fourth-order valence-corrected chi connectivity index (χ4v) is 8.05. The lowest BCUT2D eigenvalue weighted by Gasteiger charge is -2.33. The number of benzene rings is 4. The number of fused-ring (bicyclic) bond motifs is 5. The van der Waals surface area contributed by atoms with Crippen molar-refractivity contribution in [3.63, 3.8) is 0 Å². The standard InChI is InChI=1S/C54H68N6O11/c1-11-12-13-34-14-17-36(18-15-34)37-19-21-38(22-20-37)49(63)56-31-32(2)47(61)58-42(26-27-55-53(67)71-54(4,5)6)51(65)60(7)46-39-23-25-45(69-9)41(30-39)40-28-35(16-24-44(40)68-8)29-43(52(66)70-10)59-48(62)33(3)57-50(46)64/h14-25,28,30,32-33,42-43,46H,11-13,26-27,29,31H2,1-10H3,(H,55,67)(H,56,63)(H,57,64)(H,58,61)(H,59,62)/t32?,33-,42-,43-,46-/m0/s1. The minimum Gasteiger partial charge on any atom is -0.496 e. The van der Waals surface area contributed by atoms with Crippen LogP contribution >= 0.6 is 0 Å². The second-order valence-corrected chi connectivity index (χ2v) is 18.6. The molecule has 1 heterocycles. The van der Waals surface area contributed by atoms with Crippen molar-refractivity contribution >= 4 is 41.6 Å². The van der Waals surface area contributed by atoms with Gasteiger partial charge in [-0.1, -0.05) is 68.8 Å². The molecule has 0 fully saturated rings. The molecule has 5 atom stereocenters. The molecule has 5 N–H and O–H groups in total. The van der Waals surface area contributed by atoms with E-state index in [1.165, 1.54) is 40.9 Å². The van der Waals surface area contributed by atoms with Gasteiger partial charge in [0.05, 0.1) is 27.2 Å². The molecule has 0 aliphatic carbocycles. The molecule has 0 saturated heterocycles. The molecule has 17 heteroatoms. The van der Waals surface area contributed by atoms with Crippen LogP contribution in [0.4, 0.5) is 4.79 Å². The SMILES string of the molecule is CCCCc1ccc(-c2ccc(C(=O)NCC(C)C(=O)N[C@@H](CCNC(=O)OC(C)(C)C)C(=O)N(C)[C@@H]3C(=O)N[C@@H](C)C(=O)N[C@H](C(=O)OC)Cc4ccc(OC)c(c4)-c4cc3ccc4OC)cc2)cc1. The molecule has 1 unspecified atom stereocenters. The van der Waals surface area contributed by atoms with Gasteiger partial charge in [0.15, 0.2) is 0 Å². The van der Waals surface area contributed by atoms with E-state index in [1.54, 1.807) is 76.2 Å². The van der Waals surface area contributed by atoms with E-state index in [0.29, 0.717) is 39.3 Å². The van der Waals surface area contributed by atoms with Gasteiger partial charge in [-0.15, -0.1) is 0 Å². The van der Waals surface area contributed by atoms with Crippen LogP contribution in [0.15, 0.2) is 84.9 Å². The number of nitrogens with zero attached hydrogens (tertiary/aromatic N) is 1. The average Bonchev–Trinajstić information content (AvgIpc) is 3.35. The Morgan fingerprint density at radius 1 is 0.803 bits per heavy atom. The minimum absolute atomic E-state index is 0.0434. The Hall–Kier alpha value is -7.43. The predicted molar refractivity (Wildman–Crippen MR) is 269 cm³/mol. The molecular weight excluding hydrogens is 909 g/mol. The lowest BCUT2D eigenvalue weighted by molar-refractivity contribution is -0.145. The van der Waals surface area contributed by atoms with Gasteiger partial charge >= 0.3 is 12.1 Å². The Morgan fingerprint density at radius 3 is 2.03 bits per heavy atom. The number of alkyl carbamates (subject to hydrolysis) is 1. The van der Waals surface area contributed by atoms with Crippen molar-refractivity contribution in [2.45, 2.75) is 103 Å². The van der Waals surface area contributed by atoms with Crippen LogP contribution < -0.4 is 36.1 Å². The van der Waals surface area contributed by atoms with Crippen molar-refractivity contribution in [2.24, 2.45) is 5.92 Å². The van der Waals surface area contributed by atoms with Crippen LogP contribution in [-0.4, -0.2) is 112 Å². The first-order chi connectivity index (χ1) is 33.8. The summed E-state index contributed by atoms with van der Waals surface area (Å²) in [6.45, 7) is 10.1. The van der Waals surface area contributed by atoms with Crippen molar-refractivity contribution in [3.8, 4) is 33.8 Å². The second-order valence-electron chi connectivity index (χ2n) is 18.6. The highest BCUT2D eigenvalue weighted by molar-refractivity contribution is 5.97. The van der Waals surface area contributed by atoms with Crippen LogP contribution in [0.2, 0.25) is 0 Å². The summed E-state index contributed by atoms with van der Waals surface area (Å²) in [6, 6.07) is 20.6. The van der Waals surface area contributed by atoms with Crippen molar-refractivity contribution in [1.82, 2.24) is 31.5 Å². The number of unbranched alkanes of at least 4 members (excludes halogenated alkanes) is 1. The van der Waals surface area contributed by atoms with E-state index in [4.69, 9.17) is 18.9 Å². The van der Waals surface area contributed by atoms with E-state index < -0.39 is 77.3 Å². The molecule has 4 aromatic carbocycles.